The lowest BCUT2D eigenvalue weighted by molar-refractivity contribution is 0.443. The van der Waals surface area contributed by atoms with Gasteiger partial charge in [0, 0.05) is 34.0 Å². The van der Waals surface area contributed by atoms with E-state index >= 15 is 0 Å². The largest absolute Gasteiger partial charge is 0.311 e. The van der Waals surface area contributed by atoms with E-state index in [0.717, 1.165) is 34.1 Å². The molecule has 1 saturated carbocycles. The Bertz CT molecular complexity index is 3170. The van der Waals surface area contributed by atoms with Crippen molar-refractivity contribution in [2.75, 3.05) is 9.80 Å². The van der Waals surface area contributed by atoms with Crippen molar-refractivity contribution in [2.45, 2.75) is 38.0 Å². The zero-order valence-electron chi connectivity index (χ0n) is 37.2. The number of benzene rings is 10. The SMILES string of the molecule is c1ccc(-c2ccc(N(c3ccccc3)c3ccc(-c4ccc(-c5cccc(N(c6ccc(C7CCCCC7)cc6)c6ccc7ccccc7c6-c6ccccc6)c5)cc4)cc3)cc2)cc1. The second-order valence-electron chi connectivity index (χ2n) is 17.6. The van der Waals surface area contributed by atoms with Gasteiger partial charge < -0.3 is 9.80 Å². The van der Waals surface area contributed by atoms with E-state index in [4.69, 9.17) is 0 Å². The first-order valence-electron chi connectivity index (χ1n) is 23.5. The smallest absolute Gasteiger partial charge is 0.0546 e. The zero-order valence-corrected chi connectivity index (χ0v) is 37.2. The molecule has 10 aromatic rings. The maximum atomic E-state index is 2.47. The van der Waals surface area contributed by atoms with Gasteiger partial charge in [0.1, 0.15) is 0 Å². The first-order chi connectivity index (χ1) is 32.7. The maximum absolute atomic E-state index is 2.47. The minimum Gasteiger partial charge on any atom is -0.311 e. The van der Waals surface area contributed by atoms with Gasteiger partial charge in [0.15, 0.2) is 0 Å². The summed E-state index contributed by atoms with van der Waals surface area (Å²) in [7, 11) is 0. The lowest BCUT2D eigenvalue weighted by Crippen LogP contribution is -2.12. The van der Waals surface area contributed by atoms with Crippen molar-refractivity contribution in [3.8, 4) is 44.5 Å². The lowest BCUT2D eigenvalue weighted by Gasteiger charge is -2.30. The Labute approximate surface area is 389 Å². The molecule has 0 aliphatic heterocycles. The molecule has 0 heterocycles. The highest BCUT2D eigenvalue weighted by Crippen LogP contribution is 2.46. The van der Waals surface area contributed by atoms with E-state index in [1.54, 1.807) is 0 Å². The number of rotatable bonds is 11. The Morgan fingerprint density at radius 1 is 0.288 bits per heavy atom. The predicted molar refractivity (Wildman–Crippen MR) is 281 cm³/mol. The van der Waals surface area contributed by atoms with Gasteiger partial charge in [-0.15, -0.1) is 0 Å². The third kappa shape index (κ3) is 8.42. The summed E-state index contributed by atoms with van der Waals surface area (Å²) < 4.78 is 0. The molecule has 0 saturated heterocycles. The molecule has 0 atom stereocenters. The lowest BCUT2D eigenvalue weighted by atomic mass is 9.84. The molecule has 10 aromatic carbocycles. The number of nitrogens with zero attached hydrogens (tertiary/aromatic N) is 2. The fourth-order valence-electron chi connectivity index (χ4n) is 10.1. The van der Waals surface area contributed by atoms with Crippen molar-refractivity contribution in [2.24, 2.45) is 0 Å². The van der Waals surface area contributed by atoms with Gasteiger partial charge in [0.05, 0.1) is 5.69 Å². The average Bonchev–Trinajstić information content (AvgIpc) is 3.40. The van der Waals surface area contributed by atoms with Crippen molar-refractivity contribution in [3.05, 3.63) is 254 Å². The van der Waals surface area contributed by atoms with Crippen LogP contribution in [0.1, 0.15) is 43.6 Å². The monoisotopic (exact) mass is 848 g/mol. The summed E-state index contributed by atoms with van der Waals surface area (Å²) in [5.41, 5.74) is 17.9. The number of anilines is 6. The summed E-state index contributed by atoms with van der Waals surface area (Å²) in [5, 5.41) is 2.48. The van der Waals surface area contributed by atoms with Gasteiger partial charge in [-0.1, -0.05) is 201 Å². The van der Waals surface area contributed by atoms with Crippen LogP contribution in [0.5, 0.6) is 0 Å². The summed E-state index contributed by atoms with van der Waals surface area (Å²) >= 11 is 0. The Balaban J connectivity index is 0.919. The van der Waals surface area contributed by atoms with Crippen molar-refractivity contribution < 1.29 is 0 Å². The van der Waals surface area contributed by atoms with Crippen LogP contribution in [0.3, 0.4) is 0 Å². The Hall–Kier alpha value is -7.94. The third-order valence-electron chi connectivity index (χ3n) is 13.5. The molecule has 1 aliphatic rings. The zero-order chi connectivity index (χ0) is 44.1. The topological polar surface area (TPSA) is 6.48 Å². The Kier molecular flexibility index (Phi) is 11.5. The van der Waals surface area contributed by atoms with Crippen LogP contribution in [0.4, 0.5) is 34.1 Å². The molecule has 0 amide bonds. The average molecular weight is 849 g/mol. The predicted octanol–water partition coefficient (Wildman–Crippen LogP) is 18.5. The van der Waals surface area contributed by atoms with Crippen LogP contribution in [0.2, 0.25) is 0 Å². The second kappa shape index (κ2) is 18.6. The van der Waals surface area contributed by atoms with E-state index in [1.807, 2.05) is 0 Å². The fourth-order valence-corrected chi connectivity index (χ4v) is 10.1. The van der Waals surface area contributed by atoms with Gasteiger partial charge in [-0.3, -0.25) is 0 Å². The Morgan fingerprint density at radius 2 is 0.727 bits per heavy atom. The molecule has 11 rings (SSSR count). The van der Waals surface area contributed by atoms with E-state index in [-0.39, 0.29) is 0 Å². The number of fused-ring (bicyclic) bond motifs is 1. The summed E-state index contributed by atoms with van der Waals surface area (Å²) in [6.45, 7) is 0. The molecule has 0 bridgehead atoms. The van der Waals surface area contributed by atoms with Crippen LogP contribution >= 0.6 is 0 Å². The van der Waals surface area contributed by atoms with Crippen molar-refractivity contribution >= 4 is 44.9 Å². The molecule has 2 nitrogen and oxygen atoms in total. The highest BCUT2D eigenvalue weighted by molar-refractivity contribution is 6.05. The molecule has 66 heavy (non-hydrogen) atoms. The number of hydrogen-bond donors (Lipinski definition) is 0. The first-order valence-corrected chi connectivity index (χ1v) is 23.5. The van der Waals surface area contributed by atoms with E-state index in [1.165, 1.54) is 92.9 Å². The normalized spacial score (nSPS) is 12.8. The minimum absolute atomic E-state index is 0.651. The van der Waals surface area contributed by atoms with E-state index < -0.39 is 0 Å². The molecule has 2 heteroatoms. The molecule has 0 N–H and O–H groups in total. The molecular weight excluding hydrogens is 797 g/mol. The van der Waals surface area contributed by atoms with Crippen molar-refractivity contribution in [1.82, 2.24) is 0 Å². The van der Waals surface area contributed by atoms with Gasteiger partial charge in [-0.2, -0.15) is 0 Å². The van der Waals surface area contributed by atoms with Crippen LogP contribution in [-0.2, 0) is 0 Å². The summed E-state index contributed by atoms with van der Waals surface area (Å²) in [5.74, 6) is 0.651. The van der Waals surface area contributed by atoms with Crippen molar-refractivity contribution in [1.29, 1.82) is 0 Å². The molecule has 318 valence electrons. The number of para-hydroxylation sites is 1. The third-order valence-corrected chi connectivity index (χ3v) is 13.5. The van der Waals surface area contributed by atoms with Gasteiger partial charge >= 0.3 is 0 Å². The van der Waals surface area contributed by atoms with E-state index in [9.17, 15) is 0 Å². The summed E-state index contributed by atoms with van der Waals surface area (Å²) in [6, 6.07) is 90.8. The van der Waals surface area contributed by atoms with Gasteiger partial charge in [0.2, 0.25) is 0 Å². The fraction of sp³-hybridized carbons (Fsp3) is 0.0938. The molecule has 1 fully saturated rings. The first kappa shape index (κ1) is 40.8. The Morgan fingerprint density at radius 3 is 1.35 bits per heavy atom. The van der Waals surface area contributed by atoms with Gasteiger partial charge in [-0.05, 0) is 141 Å². The van der Waals surface area contributed by atoms with Gasteiger partial charge in [-0.25, -0.2) is 0 Å². The highest BCUT2D eigenvalue weighted by atomic mass is 15.1. The van der Waals surface area contributed by atoms with Crippen molar-refractivity contribution in [3.63, 3.8) is 0 Å². The minimum atomic E-state index is 0.651. The number of hydrogen-bond acceptors (Lipinski definition) is 2. The standard InChI is InChI=1S/C64H52N2/c1-5-16-47(17-6-1)50-32-39-58(40-33-50)65(57-24-11-4-12-25-57)59-41-34-52(35-42-59)49-28-30-53(31-29-49)56-23-15-26-61(46-56)66(60-43-36-51(37-44-60)48-18-7-2-8-19-48)63-45-38-54-20-13-14-27-62(54)64(63)55-21-9-3-10-22-55/h1,3-6,9-17,20-46,48H,2,7-8,18-19H2. The van der Waals surface area contributed by atoms with E-state index in [0.29, 0.717) is 5.92 Å². The van der Waals surface area contributed by atoms with Crippen LogP contribution < -0.4 is 9.80 Å². The van der Waals surface area contributed by atoms with E-state index in [2.05, 4.69) is 259 Å². The molecule has 0 radical (unpaired) electrons. The van der Waals surface area contributed by atoms with Crippen LogP contribution in [-0.4, -0.2) is 0 Å². The quantitative estimate of drug-likeness (QED) is 0.128. The molecule has 0 aromatic heterocycles. The molecule has 0 spiro atoms. The van der Waals surface area contributed by atoms with Crippen LogP contribution in [0, 0.1) is 0 Å². The second-order valence-corrected chi connectivity index (χ2v) is 17.6. The summed E-state index contributed by atoms with van der Waals surface area (Å²) in [6.07, 6.45) is 6.59. The molecular formula is C64H52N2. The van der Waals surface area contributed by atoms with Crippen LogP contribution in [0.15, 0.2) is 249 Å². The molecule has 0 unspecified atom stereocenters. The van der Waals surface area contributed by atoms with Crippen LogP contribution in [0.25, 0.3) is 55.3 Å². The highest BCUT2D eigenvalue weighted by Gasteiger charge is 2.22. The maximum Gasteiger partial charge on any atom is 0.0546 e. The summed E-state index contributed by atoms with van der Waals surface area (Å²) in [4.78, 5) is 4.79. The molecule has 1 aliphatic carbocycles. The van der Waals surface area contributed by atoms with Gasteiger partial charge in [0.25, 0.3) is 0 Å².